The minimum atomic E-state index is -0.949. The Balaban J connectivity index is 2.34. The zero-order valence-corrected chi connectivity index (χ0v) is 12.6. The van der Waals surface area contributed by atoms with E-state index < -0.39 is 5.97 Å². The second kappa shape index (κ2) is 6.52. The van der Waals surface area contributed by atoms with E-state index in [0.717, 1.165) is 24.0 Å². The van der Waals surface area contributed by atoms with Gasteiger partial charge < -0.3 is 10.4 Å². The second-order valence-electron chi connectivity index (χ2n) is 5.27. The van der Waals surface area contributed by atoms with Gasteiger partial charge >= 0.3 is 5.97 Å². The lowest BCUT2D eigenvalue weighted by Gasteiger charge is -2.23. The summed E-state index contributed by atoms with van der Waals surface area (Å²) in [4.78, 5) is 19.5. The van der Waals surface area contributed by atoms with Gasteiger partial charge in [0.1, 0.15) is 12.1 Å². The molecule has 2 N–H and O–H groups in total. The molecule has 21 heavy (non-hydrogen) atoms. The van der Waals surface area contributed by atoms with E-state index in [9.17, 15) is 4.79 Å². The third-order valence-corrected chi connectivity index (χ3v) is 4.00. The van der Waals surface area contributed by atoms with Crippen molar-refractivity contribution < 1.29 is 9.90 Å². The van der Waals surface area contributed by atoms with Crippen LogP contribution in [0.15, 0.2) is 24.5 Å². The molecule has 0 bridgehead atoms. The van der Waals surface area contributed by atoms with Crippen LogP contribution in [0.25, 0.3) is 10.9 Å². The molecule has 0 aliphatic rings. The highest BCUT2D eigenvalue weighted by atomic mass is 16.4. The third-order valence-electron chi connectivity index (χ3n) is 4.00. The monoisotopic (exact) mass is 287 g/mol. The molecule has 0 aliphatic carbocycles. The van der Waals surface area contributed by atoms with Crippen molar-refractivity contribution in [3.63, 3.8) is 0 Å². The van der Waals surface area contributed by atoms with Crippen molar-refractivity contribution in [1.29, 1.82) is 0 Å². The molecule has 0 saturated heterocycles. The van der Waals surface area contributed by atoms with Gasteiger partial charge in [-0.2, -0.15) is 0 Å². The van der Waals surface area contributed by atoms with Crippen LogP contribution in [0.2, 0.25) is 0 Å². The number of nitrogens with one attached hydrogen (secondary N) is 1. The quantitative estimate of drug-likeness (QED) is 0.849. The summed E-state index contributed by atoms with van der Waals surface area (Å²) in [6.07, 6.45) is 3.68. The van der Waals surface area contributed by atoms with Crippen molar-refractivity contribution >= 4 is 22.7 Å². The Morgan fingerprint density at radius 3 is 2.62 bits per heavy atom. The maximum absolute atomic E-state index is 11.0. The van der Waals surface area contributed by atoms with Crippen LogP contribution in [0.1, 0.15) is 44.0 Å². The number of carboxylic acids is 1. The maximum atomic E-state index is 11.0. The van der Waals surface area contributed by atoms with Crippen LogP contribution >= 0.6 is 0 Å². The van der Waals surface area contributed by atoms with E-state index in [2.05, 4.69) is 36.1 Å². The molecule has 1 unspecified atom stereocenters. The molecule has 5 heteroatoms. The van der Waals surface area contributed by atoms with Crippen LogP contribution in [0.4, 0.5) is 5.82 Å². The molecule has 2 rings (SSSR count). The van der Waals surface area contributed by atoms with Gasteiger partial charge in [0.2, 0.25) is 0 Å². The normalized spacial score (nSPS) is 12.6. The highest BCUT2D eigenvalue weighted by Crippen LogP contribution is 2.23. The number of benzene rings is 1. The molecule has 5 nitrogen and oxygen atoms in total. The molecule has 1 aromatic carbocycles. The Labute approximate surface area is 124 Å². The first-order chi connectivity index (χ1) is 10.1. The van der Waals surface area contributed by atoms with E-state index in [0.29, 0.717) is 17.5 Å². The molecule has 0 saturated carbocycles. The minimum absolute atomic E-state index is 0.236. The van der Waals surface area contributed by atoms with Crippen molar-refractivity contribution in [1.82, 2.24) is 9.97 Å². The minimum Gasteiger partial charge on any atom is -0.478 e. The lowest BCUT2D eigenvalue weighted by atomic mass is 9.95. The van der Waals surface area contributed by atoms with Gasteiger partial charge in [0, 0.05) is 11.4 Å². The van der Waals surface area contributed by atoms with E-state index in [4.69, 9.17) is 5.11 Å². The molecule has 0 spiro atoms. The molecule has 0 fully saturated rings. The summed E-state index contributed by atoms with van der Waals surface area (Å²) in [5.74, 6) is 0.389. The fourth-order valence-electron chi connectivity index (χ4n) is 2.63. The van der Waals surface area contributed by atoms with Crippen molar-refractivity contribution in [2.75, 3.05) is 5.32 Å². The highest BCUT2D eigenvalue weighted by molar-refractivity contribution is 5.96. The van der Waals surface area contributed by atoms with Gasteiger partial charge in [-0.3, -0.25) is 0 Å². The SMILES string of the molecule is CCC(CC)C(C)Nc1ncnc2cc(C(=O)O)ccc12. The fraction of sp³-hybridized carbons (Fsp3) is 0.438. The summed E-state index contributed by atoms with van der Waals surface area (Å²) in [5.41, 5.74) is 0.879. The van der Waals surface area contributed by atoms with Gasteiger partial charge in [0.05, 0.1) is 11.1 Å². The standard InChI is InChI=1S/C16H21N3O2/c1-4-11(5-2)10(3)19-15-13-7-6-12(16(20)21)8-14(13)17-9-18-15/h6-11H,4-5H2,1-3H3,(H,20,21)(H,17,18,19). The van der Waals surface area contributed by atoms with Gasteiger partial charge in [0.15, 0.2) is 0 Å². The van der Waals surface area contributed by atoms with Gasteiger partial charge in [0.25, 0.3) is 0 Å². The number of aromatic nitrogens is 2. The van der Waals surface area contributed by atoms with Crippen LogP contribution < -0.4 is 5.32 Å². The Kier molecular flexibility index (Phi) is 4.73. The average Bonchev–Trinajstić information content (AvgIpc) is 2.48. The number of rotatable bonds is 6. The predicted molar refractivity (Wildman–Crippen MR) is 83.7 cm³/mol. The molecule has 0 aliphatic heterocycles. The van der Waals surface area contributed by atoms with Gasteiger partial charge in [-0.25, -0.2) is 14.8 Å². The molecule has 112 valence electrons. The van der Waals surface area contributed by atoms with Crippen molar-refractivity contribution in [3.05, 3.63) is 30.1 Å². The van der Waals surface area contributed by atoms with E-state index in [1.807, 2.05) is 0 Å². The molecule has 0 amide bonds. The maximum Gasteiger partial charge on any atom is 0.335 e. The Hall–Kier alpha value is -2.17. The lowest BCUT2D eigenvalue weighted by Crippen LogP contribution is -2.25. The van der Waals surface area contributed by atoms with Crippen LogP contribution in [0.3, 0.4) is 0 Å². The number of carboxylic acid groups (broad SMARTS) is 1. The third kappa shape index (κ3) is 3.29. The molecule has 2 aromatic rings. The van der Waals surface area contributed by atoms with Crippen LogP contribution in [-0.2, 0) is 0 Å². The molecule has 0 radical (unpaired) electrons. The summed E-state index contributed by atoms with van der Waals surface area (Å²) >= 11 is 0. The van der Waals surface area contributed by atoms with E-state index >= 15 is 0 Å². The smallest absolute Gasteiger partial charge is 0.335 e. The summed E-state index contributed by atoms with van der Waals surface area (Å²) in [6.45, 7) is 6.52. The predicted octanol–water partition coefficient (Wildman–Crippen LogP) is 3.56. The zero-order valence-electron chi connectivity index (χ0n) is 12.6. The molecule has 1 aromatic heterocycles. The van der Waals surface area contributed by atoms with Crippen LogP contribution in [-0.4, -0.2) is 27.1 Å². The number of hydrogen-bond acceptors (Lipinski definition) is 4. The van der Waals surface area contributed by atoms with Crippen molar-refractivity contribution in [3.8, 4) is 0 Å². The Morgan fingerprint density at radius 1 is 1.29 bits per heavy atom. The van der Waals surface area contributed by atoms with Gasteiger partial charge in [-0.1, -0.05) is 26.7 Å². The molecule has 1 heterocycles. The Bertz CT molecular complexity index is 638. The number of aromatic carboxylic acids is 1. The van der Waals surface area contributed by atoms with Crippen molar-refractivity contribution in [2.24, 2.45) is 5.92 Å². The second-order valence-corrected chi connectivity index (χ2v) is 5.27. The Morgan fingerprint density at radius 2 is 2.00 bits per heavy atom. The lowest BCUT2D eigenvalue weighted by molar-refractivity contribution is 0.0697. The first-order valence-corrected chi connectivity index (χ1v) is 7.31. The van der Waals surface area contributed by atoms with E-state index in [1.165, 1.54) is 6.33 Å². The first kappa shape index (κ1) is 15.2. The van der Waals surface area contributed by atoms with Crippen LogP contribution in [0, 0.1) is 5.92 Å². The first-order valence-electron chi connectivity index (χ1n) is 7.31. The summed E-state index contributed by atoms with van der Waals surface area (Å²) in [5, 5.41) is 13.3. The number of anilines is 1. The summed E-state index contributed by atoms with van der Waals surface area (Å²) in [6, 6.07) is 5.23. The number of carbonyl (C=O) groups is 1. The average molecular weight is 287 g/mol. The topological polar surface area (TPSA) is 75.1 Å². The van der Waals surface area contributed by atoms with Crippen LogP contribution in [0.5, 0.6) is 0 Å². The number of fused-ring (bicyclic) bond motifs is 1. The molecular weight excluding hydrogens is 266 g/mol. The van der Waals surface area contributed by atoms with Crippen molar-refractivity contribution in [2.45, 2.75) is 39.7 Å². The molecular formula is C16H21N3O2. The zero-order chi connectivity index (χ0) is 15.4. The largest absolute Gasteiger partial charge is 0.478 e. The number of nitrogens with zero attached hydrogens (tertiary/aromatic N) is 2. The van der Waals surface area contributed by atoms with Gasteiger partial charge in [-0.05, 0) is 31.0 Å². The summed E-state index contributed by atoms with van der Waals surface area (Å²) in [7, 11) is 0. The fourth-order valence-corrected chi connectivity index (χ4v) is 2.63. The summed E-state index contributed by atoms with van der Waals surface area (Å²) < 4.78 is 0. The van der Waals surface area contributed by atoms with E-state index in [-0.39, 0.29) is 5.56 Å². The van der Waals surface area contributed by atoms with E-state index in [1.54, 1.807) is 18.2 Å². The number of hydrogen-bond donors (Lipinski definition) is 2. The van der Waals surface area contributed by atoms with Gasteiger partial charge in [-0.15, -0.1) is 0 Å². The highest BCUT2D eigenvalue weighted by Gasteiger charge is 2.15. The molecule has 1 atom stereocenters.